The van der Waals surface area contributed by atoms with E-state index in [1.165, 1.54) is 0 Å². The Balaban J connectivity index is 1.90. The third kappa shape index (κ3) is 2.03. The molecule has 0 fully saturated rings. The van der Waals surface area contributed by atoms with Gasteiger partial charge in [0.05, 0.1) is 17.5 Å². The fourth-order valence-electron chi connectivity index (χ4n) is 2.46. The Kier molecular flexibility index (Phi) is 3.14. The molecule has 1 atom stereocenters. The molecule has 0 radical (unpaired) electrons. The number of hydrogen-bond donors (Lipinski definition) is 2. The van der Waals surface area contributed by atoms with Crippen LogP contribution in [0.2, 0.25) is 0 Å². The van der Waals surface area contributed by atoms with Gasteiger partial charge in [-0.05, 0) is 18.6 Å². The number of imidazole rings is 1. The lowest BCUT2D eigenvalue weighted by Gasteiger charge is -2.11. The van der Waals surface area contributed by atoms with Gasteiger partial charge in [0.2, 0.25) is 17.8 Å². The molecule has 2 aromatic rings. The van der Waals surface area contributed by atoms with E-state index in [0.29, 0.717) is 12.5 Å². The second-order valence-electron chi connectivity index (χ2n) is 4.85. The summed E-state index contributed by atoms with van der Waals surface area (Å²) >= 11 is 0. The van der Waals surface area contributed by atoms with Gasteiger partial charge < -0.3 is 5.32 Å². The molecule has 1 unspecified atom stereocenters. The van der Waals surface area contributed by atoms with Crippen molar-refractivity contribution >= 4 is 28.8 Å². The van der Waals surface area contributed by atoms with Crippen molar-refractivity contribution in [1.29, 1.82) is 0 Å². The van der Waals surface area contributed by atoms with E-state index in [2.05, 4.69) is 15.6 Å². The van der Waals surface area contributed by atoms with Crippen LogP contribution in [0.3, 0.4) is 0 Å². The first kappa shape index (κ1) is 12.7. The Labute approximate surface area is 116 Å². The number of hydrogen-bond acceptors (Lipinski definition) is 3. The van der Waals surface area contributed by atoms with Crippen molar-refractivity contribution in [2.45, 2.75) is 25.8 Å². The number of fused-ring (bicyclic) bond motifs is 3. The minimum Gasteiger partial charge on any atom is -0.356 e. The topological polar surface area (TPSA) is 76.0 Å². The van der Waals surface area contributed by atoms with E-state index < -0.39 is 6.04 Å². The van der Waals surface area contributed by atoms with E-state index in [0.717, 1.165) is 17.5 Å². The summed E-state index contributed by atoms with van der Waals surface area (Å²) < 4.78 is 1.81. The molecule has 6 heteroatoms. The van der Waals surface area contributed by atoms with Crippen molar-refractivity contribution in [3.05, 3.63) is 24.3 Å². The van der Waals surface area contributed by atoms with Gasteiger partial charge in [0.25, 0.3) is 0 Å². The normalized spacial score (nSPS) is 17.1. The van der Waals surface area contributed by atoms with Crippen molar-refractivity contribution in [2.24, 2.45) is 0 Å². The van der Waals surface area contributed by atoms with Crippen molar-refractivity contribution in [1.82, 2.24) is 14.9 Å². The van der Waals surface area contributed by atoms with Crippen LogP contribution in [-0.2, 0) is 9.59 Å². The molecule has 2 heterocycles. The molecule has 0 spiro atoms. The number of aromatic nitrogens is 2. The van der Waals surface area contributed by atoms with Crippen LogP contribution >= 0.6 is 0 Å². The van der Waals surface area contributed by atoms with Crippen LogP contribution in [-0.4, -0.2) is 27.9 Å². The van der Waals surface area contributed by atoms with Crippen molar-refractivity contribution in [3.8, 4) is 0 Å². The highest BCUT2D eigenvalue weighted by atomic mass is 16.2. The zero-order chi connectivity index (χ0) is 14.1. The molecule has 0 saturated heterocycles. The SMILES string of the molecule is CCCNC(=O)CC1C(=O)Nc2nc3ccccc3n21. The highest BCUT2D eigenvalue weighted by Crippen LogP contribution is 2.31. The predicted octanol–water partition coefficient (Wildman–Crippen LogP) is 1.45. The maximum Gasteiger partial charge on any atom is 0.250 e. The molecular weight excluding hydrogens is 256 g/mol. The van der Waals surface area contributed by atoms with Gasteiger partial charge in [-0.15, -0.1) is 0 Å². The van der Waals surface area contributed by atoms with Crippen LogP contribution < -0.4 is 10.6 Å². The van der Waals surface area contributed by atoms with E-state index in [1.54, 1.807) is 0 Å². The van der Waals surface area contributed by atoms with Crippen LogP contribution in [0.15, 0.2) is 24.3 Å². The van der Waals surface area contributed by atoms with Crippen molar-refractivity contribution in [3.63, 3.8) is 0 Å². The summed E-state index contributed by atoms with van der Waals surface area (Å²) in [6.45, 7) is 2.62. The van der Waals surface area contributed by atoms with Gasteiger partial charge in [0, 0.05) is 6.54 Å². The molecule has 2 N–H and O–H groups in total. The Morgan fingerprint density at radius 3 is 3.05 bits per heavy atom. The molecule has 20 heavy (non-hydrogen) atoms. The summed E-state index contributed by atoms with van der Waals surface area (Å²) in [5.74, 6) is 0.229. The van der Waals surface area contributed by atoms with Gasteiger partial charge in [0.1, 0.15) is 6.04 Å². The number of carbonyl (C=O) groups excluding carboxylic acids is 2. The Morgan fingerprint density at radius 1 is 1.45 bits per heavy atom. The summed E-state index contributed by atoms with van der Waals surface area (Å²) in [5, 5.41) is 5.53. The zero-order valence-corrected chi connectivity index (χ0v) is 11.2. The quantitative estimate of drug-likeness (QED) is 0.884. The third-order valence-corrected chi connectivity index (χ3v) is 3.40. The summed E-state index contributed by atoms with van der Waals surface area (Å²) in [4.78, 5) is 28.2. The average Bonchev–Trinajstić information content (AvgIpc) is 2.93. The zero-order valence-electron chi connectivity index (χ0n) is 11.2. The van der Waals surface area contributed by atoms with Crippen LogP contribution in [0.5, 0.6) is 0 Å². The number of benzene rings is 1. The standard InChI is InChI=1S/C14H16N4O2/c1-2-7-15-12(19)8-11-13(20)17-14-16-9-5-3-4-6-10(9)18(11)14/h3-6,11H,2,7-8H2,1H3,(H,15,19)(H,16,17,20). The monoisotopic (exact) mass is 272 g/mol. The smallest absolute Gasteiger partial charge is 0.250 e. The minimum atomic E-state index is -0.519. The summed E-state index contributed by atoms with van der Waals surface area (Å²) in [6.07, 6.45) is 1.01. The molecule has 0 aliphatic carbocycles. The first-order chi connectivity index (χ1) is 9.70. The van der Waals surface area contributed by atoms with Gasteiger partial charge in [-0.3, -0.25) is 19.5 Å². The molecule has 1 aromatic carbocycles. The number of rotatable bonds is 4. The molecule has 1 aliphatic rings. The molecule has 6 nitrogen and oxygen atoms in total. The number of anilines is 1. The molecule has 2 amide bonds. The van der Waals surface area contributed by atoms with Gasteiger partial charge in [-0.1, -0.05) is 19.1 Å². The fourth-order valence-corrected chi connectivity index (χ4v) is 2.46. The largest absolute Gasteiger partial charge is 0.356 e. The average molecular weight is 272 g/mol. The van der Waals surface area contributed by atoms with E-state index >= 15 is 0 Å². The summed E-state index contributed by atoms with van der Waals surface area (Å²) in [5.41, 5.74) is 1.69. The van der Waals surface area contributed by atoms with Gasteiger partial charge in [-0.2, -0.15) is 0 Å². The van der Waals surface area contributed by atoms with E-state index in [-0.39, 0.29) is 18.2 Å². The number of carbonyl (C=O) groups is 2. The van der Waals surface area contributed by atoms with Crippen molar-refractivity contribution < 1.29 is 9.59 Å². The minimum absolute atomic E-state index is 0.113. The van der Waals surface area contributed by atoms with E-state index in [4.69, 9.17) is 0 Å². The van der Waals surface area contributed by atoms with Gasteiger partial charge >= 0.3 is 0 Å². The third-order valence-electron chi connectivity index (χ3n) is 3.40. The maximum atomic E-state index is 12.0. The molecule has 1 aromatic heterocycles. The second kappa shape index (κ2) is 4.96. The highest BCUT2D eigenvalue weighted by Gasteiger charge is 2.34. The first-order valence-electron chi connectivity index (χ1n) is 6.75. The summed E-state index contributed by atoms with van der Waals surface area (Å²) in [6, 6.07) is 7.07. The first-order valence-corrected chi connectivity index (χ1v) is 6.75. The number of amides is 2. The van der Waals surface area contributed by atoms with Gasteiger partial charge in [0.15, 0.2) is 0 Å². The van der Waals surface area contributed by atoms with Crippen LogP contribution in [0.4, 0.5) is 5.95 Å². The number of nitrogens with zero attached hydrogens (tertiary/aromatic N) is 2. The highest BCUT2D eigenvalue weighted by molar-refractivity contribution is 6.01. The number of nitrogens with one attached hydrogen (secondary N) is 2. The van der Waals surface area contributed by atoms with Crippen LogP contribution in [0.1, 0.15) is 25.8 Å². The van der Waals surface area contributed by atoms with Crippen LogP contribution in [0, 0.1) is 0 Å². The molecule has 104 valence electrons. The molecule has 0 saturated carbocycles. The van der Waals surface area contributed by atoms with Crippen molar-refractivity contribution in [2.75, 3.05) is 11.9 Å². The fraction of sp³-hybridized carbons (Fsp3) is 0.357. The molecule has 3 rings (SSSR count). The Hall–Kier alpha value is -2.37. The van der Waals surface area contributed by atoms with E-state index in [1.807, 2.05) is 35.8 Å². The van der Waals surface area contributed by atoms with Gasteiger partial charge in [-0.25, -0.2) is 4.98 Å². The molecular formula is C14H16N4O2. The summed E-state index contributed by atoms with van der Waals surface area (Å²) in [7, 11) is 0. The predicted molar refractivity (Wildman–Crippen MR) is 75.3 cm³/mol. The Morgan fingerprint density at radius 2 is 2.25 bits per heavy atom. The van der Waals surface area contributed by atoms with E-state index in [9.17, 15) is 9.59 Å². The molecule has 1 aliphatic heterocycles. The second-order valence-corrected chi connectivity index (χ2v) is 4.85. The number of para-hydroxylation sites is 2. The maximum absolute atomic E-state index is 12.0. The Bertz CT molecular complexity index is 677. The van der Waals surface area contributed by atoms with Crippen LogP contribution in [0.25, 0.3) is 11.0 Å². The lowest BCUT2D eigenvalue weighted by atomic mass is 10.2. The lowest BCUT2D eigenvalue weighted by Crippen LogP contribution is -2.29. The lowest BCUT2D eigenvalue weighted by molar-refractivity contribution is -0.126. The molecule has 0 bridgehead atoms.